The number of nitrogens with one attached hydrogen (secondary N) is 1. The molecule has 4 rings (SSSR count). The van der Waals surface area contributed by atoms with Crippen LogP contribution in [0.25, 0.3) is 11.2 Å². The summed E-state index contributed by atoms with van der Waals surface area (Å²) >= 11 is 0. The molecule has 0 radical (unpaired) electrons. The Morgan fingerprint density at radius 1 is 1.31 bits per heavy atom. The highest BCUT2D eigenvalue weighted by molar-refractivity contribution is 7.85. The van der Waals surface area contributed by atoms with Gasteiger partial charge in [-0.3, -0.25) is 13.5 Å². The summed E-state index contributed by atoms with van der Waals surface area (Å²) in [5.74, 6) is -0.873. The van der Waals surface area contributed by atoms with Gasteiger partial charge >= 0.3 is 0 Å². The second-order valence-electron chi connectivity index (χ2n) is 6.67. The first-order valence-electron chi connectivity index (χ1n) is 7.90. The zero-order valence-corrected chi connectivity index (χ0v) is 15.1. The van der Waals surface area contributed by atoms with E-state index in [2.05, 4.69) is 15.0 Å². The Labute approximate surface area is 148 Å². The van der Waals surface area contributed by atoms with E-state index in [4.69, 9.17) is 18.4 Å². The molecule has 0 spiro atoms. The lowest BCUT2D eigenvalue weighted by molar-refractivity contribution is -0.198. The number of rotatable bonds is 4. The second kappa shape index (κ2) is 5.82. The molecule has 2 aromatic rings. The molecule has 4 atom stereocenters. The van der Waals surface area contributed by atoms with Crippen molar-refractivity contribution in [1.82, 2.24) is 19.5 Å². The molecule has 0 saturated carbocycles. The molecular formula is C14H18N4O7S. The van der Waals surface area contributed by atoms with Crippen LogP contribution in [-0.2, 0) is 28.5 Å². The molecular weight excluding hydrogens is 368 g/mol. The van der Waals surface area contributed by atoms with E-state index in [0.29, 0.717) is 5.65 Å². The van der Waals surface area contributed by atoms with Gasteiger partial charge in [-0.25, -0.2) is 9.97 Å². The van der Waals surface area contributed by atoms with Gasteiger partial charge < -0.3 is 19.2 Å². The van der Waals surface area contributed by atoms with E-state index in [-0.39, 0.29) is 17.7 Å². The minimum Gasteiger partial charge on any atom is -0.347 e. The zero-order chi connectivity index (χ0) is 18.7. The molecule has 1 N–H and O–H groups in total. The van der Waals surface area contributed by atoms with Crippen molar-refractivity contribution in [3.05, 3.63) is 23.0 Å². The molecule has 2 saturated heterocycles. The summed E-state index contributed by atoms with van der Waals surface area (Å²) in [6, 6.07) is 0. The van der Waals surface area contributed by atoms with Gasteiger partial charge in [0.05, 0.1) is 25.5 Å². The lowest BCUT2D eigenvalue weighted by Gasteiger charge is -2.24. The van der Waals surface area contributed by atoms with Crippen LogP contribution in [0.4, 0.5) is 0 Å². The summed E-state index contributed by atoms with van der Waals surface area (Å²) in [5, 5.41) is 0. The summed E-state index contributed by atoms with van der Waals surface area (Å²) in [7, 11) is -3.63. The smallest absolute Gasteiger partial charge is 0.278 e. The highest BCUT2D eigenvalue weighted by atomic mass is 32.2. The standard InChI is InChI=1S/C14H18N4O7S/c1-14(2)24-9-7(4-22-26(3,20)21)23-13(10(9)25-14)18-6-17-8-11(18)15-5-16-12(8)19/h5-7,9-10,13H,4H2,1-3H3,(H,15,16,19)/t7-,9+,10-,13+/m0/s1. The molecule has 0 amide bonds. The highest BCUT2D eigenvalue weighted by Crippen LogP contribution is 2.43. The predicted molar refractivity (Wildman–Crippen MR) is 86.7 cm³/mol. The minimum absolute atomic E-state index is 0.168. The third-order valence-electron chi connectivity index (χ3n) is 4.21. The summed E-state index contributed by atoms with van der Waals surface area (Å²) in [6.07, 6.45) is 1.20. The average molecular weight is 386 g/mol. The van der Waals surface area contributed by atoms with E-state index >= 15 is 0 Å². The van der Waals surface area contributed by atoms with Gasteiger partial charge in [0, 0.05) is 0 Å². The van der Waals surface area contributed by atoms with Crippen molar-refractivity contribution < 1.29 is 26.8 Å². The molecule has 2 aromatic heterocycles. The minimum atomic E-state index is -3.63. The molecule has 2 aliphatic heterocycles. The number of hydrogen-bond donors (Lipinski definition) is 1. The summed E-state index contributed by atoms with van der Waals surface area (Å²) in [6.45, 7) is 3.30. The number of imidazole rings is 1. The maximum atomic E-state index is 11.9. The zero-order valence-electron chi connectivity index (χ0n) is 14.3. The average Bonchev–Trinajstić information content (AvgIpc) is 3.16. The first-order valence-corrected chi connectivity index (χ1v) is 9.72. The van der Waals surface area contributed by atoms with Gasteiger partial charge in [-0.1, -0.05) is 0 Å². The predicted octanol–water partition coefficient (Wildman–Crippen LogP) is -0.487. The number of nitrogens with zero attached hydrogens (tertiary/aromatic N) is 3. The SMILES string of the molecule is CC1(C)O[C@H]2[C@H](O1)[C@H](n1cnc3c(=O)[nH]cnc31)O[C@H]2COS(C)(=O)=O. The maximum absolute atomic E-state index is 11.9. The Morgan fingerprint density at radius 3 is 2.77 bits per heavy atom. The van der Waals surface area contributed by atoms with Crippen LogP contribution in [0.5, 0.6) is 0 Å². The van der Waals surface area contributed by atoms with Crippen LogP contribution in [0, 0.1) is 0 Å². The molecule has 11 nitrogen and oxygen atoms in total. The van der Waals surface area contributed by atoms with Crippen molar-refractivity contribution in [3.63, 3.8) is 0 Å². The van der Waals surface area contributed by atoms with Gasteiger partial charge in [0.1, 0.15) is 18.3 Å². The molecule has 142 valence electrons. The Bertz CT molecular complexity index is 998. The maximum Gasteiger partial charge on any atom is 0.278 e. The van der Waals surface area contributed by atoms with Crippen molar-refractivity contribution in [1.29, 1.82) is 0 Å². The summed E-state index contributed by atoms with van der Waals surface area (Å²) in [5.41, 5.74) is 0.126. The molecule has 2 fully saturated rings. The van der Waals surface area contributed by atoms with Crippen LogP contribution in [0.1, 0.15) is 20.1 Å². The van der Waals surface area contributed by atoms with Gasteiger partial charge in [-0.15, -0.1) is 0 Å². The van der Waals surface area contributed by atoms with E-state index in [1.165, 1.54) is 12.7 Å². The third-order valence-corrected chi connectivity index (χ3v) is 4.78. The molecule has 0 aliphatic carbocycles. The van der Waals surface area contributed by atoms with Gasteiger partial charge in [-0.05, 0) is 13.8 Å². The topological polar surface area (TPSA) is 135 Å². The van der Waals surface area contributed by atoms with Gasteiger partial charge in [0.15, 0.2) is 23.2 Å². The van der Waals surface area contributed by atoms with Crippen molar-refractivity contribution in [3.8, 4) is 0 Å². The largest absolute Gasteiger partial charge is 0.347 e. The molecule has 0 aromatic carbocycles. The number of hydrogen-bond acceptors (Lipinski definition) is 9. The van der Waals surface area contributed by atoms with E-state index < -0.39 is 40.4 Å². The van der Waals surface area contributed by atoms with Crippen molar-refractivity contribution in [2.45, 2.75) is 44.2 Å². The van der Waals surface area contributed by atoms with Crippen LogP contribution >= 0.6 is 0 Å². The molecule has 4 heterocycles. The lowest BCUT2D eigenvalue weighted by Crippen LogP contribution is -2.33. The van der Waals surface area contributed by atoms with Gasteiger partial charge in [0.25, 0.3) is 15.7 Å². The van der Waals surface area contributed by atoms with Crippen LogP contribution in [0.3, 0.4) is 0 Å². The van der Waals surface area contributed by atoms with Crippen LogP contribution < -0.4 is 5.56 Å². The van der Waals surface area contributed by atoms with Crippen molar-refractivity contribution >= 4 is 21.3 Å². The summed E-state index contributed by atoms with van der Waals surface area (Å²) in [4.78, 5) is 22.5. The first-order chi connectivity index (χ1) is 12.1. The van der Waals surface area contributed by atoms with Crippen molar-refractivity contribution in [2.24, 2.45) is 0 Å². The van der Waals surface area contributed by atoms with E-state index in [9.17, 15) is 13.2 Å². The molecule has 26 heavy (non-hydrogen) atoms. The van der Waals surface area contributed by atoms with E-state index in [0.717, 1.165) is 6.26 Å². The monoisotopic (exact) mass is 386 g/mol. The van der Waals surface area contributed by atoms with Crippen LogP contribution in [-0.4, -0.2) is 64.9 Å². The fraction of sp³-hybridized carbons (Fsp3) is 0.643. The highest BCUT2D eigenvalue weighted by Gasteiger charge is 2.56. The first kappa shape index (κ1) is 17.5. The number of ether oxygens (including phenoxy) is 3. The molecule has 12 heteroatoms. The van der Waals surface area contributed by atoms with Gasteiger partial charge in [-0.2, -0.15) is 8.42 Å². The van der Waals surface area contributed by atoms with Gasteiger partial charge in [0.2, 0.25) is 0 Å². The van der Waals surface area contributed by atoms with E-state index in [1.807, 2.05) is 0 Å². The molecule has 0 bridgehead atoms. The Morgan fingerprint density at radius 2 is 2.04 bits per heavy atom. The number of aromatic amines is 1. The van der Waals surface area contributed by atoms with Crippen molar-refractivity contribution in [2.75, 3.05) is 12.9 Å². The van der Waals surface area contributed by atoms with Crippen LogP contribution in [0.2, 0.25) is 0 Å². The quantitative estimate of drug-likeness (QED) is 0.691. The fourth-order valence-electron chi connectivity index (χ4n) is 3.26. The summed E-state index contributed by atoms with van der Waals surface area (Å²) < 4.78 is 46.8. The normalized spacial score (nSPS) is 30.7. The Kier molecular flexibility index (Phi) is 3.93. The Balaban J connectivity index is 1.69. The number of aromatic nitrogens is 4. The third kappa shape index (κ3) is 3.03. The lowest BCUT2D eigenvalue weighted by atomic mass is 10.1. The molecule has 0 unspecified atom stereocenters. The second-order valence-corrected chi connectivity index (χ2v) is 8.32. The fourth-order valence-corrected chi connectivity index (χ4v) is 3.64. The van der Waals surface area contributed by atoms with E-state index in [1.54, 1.807) is 18.4 Å². The Hall–Kier alpha value is -1.86. The van der Waals surface area contributed by atoms with Crippen LogP contribution in [0.15, 0.2) is 17.4 Å². The number of H-pyrrole nitrogens is 1. The molecule has 2 aliphatic rings. The number of fused-ring (bicyclic) bond motifs is 2.